The van der Waals surface area contributed by atoms with E-state index in [1.165, 1.54) is 24.3 Å². The van der Waals surface area contributed by atoms with E-state index in [2.05, 4.69) is 30.2 Å². The van der Waals surface area contributed by atoms with Crippen LogP contribution in [-0.4, -0.2) is 39.0 Å². The maximum atomic E-state index is 14.8. The number of nitrogens with one attached hydrogen (secondary N) is 2. The highest BCUT2D eigenvalue weighted by molar-refractivity contribution is 5.83. The number of imidazole rings is 1. The highest BCUT2D eigenvalue weighted by Crippen LogP contribution is 2.39. The molecule has 0 bridgehead atoms. The molecule has 33 heavy (non-hydrogen) atoms. The molecular weight excluding hydrogens is 438 g/mol. The minimum Gasteiger partial charge on any atom is -0.347 e. The lowest BCUT2D eigenvalue weighted by molar-refractivity contribution is -0.137. The number of rotatable bonds is 5. The molecule has 0 amide bonds. The van der Waals surface area contributed by atoms with Gasteiger partial charge in [0.1, 0.15) is 17.5 Å². The first-order valence-electron chi connectivity index (χ1n) is 10.2. The number of fused-ring (bicyclic) bond motifs is 1. The van der Waals surface area contributed by atoms with Crippen LogP contribution in [0.5, 0.6) is 0 Å². The normalized spacial score (nSPS) is 14.0. The molecule has 4 aromatic rings. The maximum Gasteiger partial charge on any atom is 0.416 e. The molecule has 1 saturated carbocycles. The number of benzene rings is 2. The second-order valence-corrected chi connectivity index (χ2v) is 8.12. The highest BCUT2D eigenvalue weighted by Gasteiger charge is 2.30. The lowest BCUT2D eigenvalue weighted by Gasteiger charge is -2.13. The molecule has 0 saturated heterocycles. The van der Waals surface area contributed by atoms with E-state index in [-0.39, 0.29) is 11.6 Å². The molecule has 0 atom stereocenters. The second-order valence-electron chi connectivity index (χ2n) is 8.12. The van der Waals surface area contributed by atoms with Gasteiger partial charge in [-0.2, -0.15) is 28.1 Å². The molecule has 2 aromatic carbocycles. The van der Waals surface area contributed by atoms with Crippen molar-refractivity contribution in [1.29, 1.82) is 0 Å². The number of H-pyrrole nitrogens is 1. The summed E-state index contributed by atoms with van der Waals surface area (Å²) in [6, 6.07) is 7.39. The number of aromatic amines is 1. The van der Waals surface area contributed by atoms with Gasteiger partial charge in [0.25, 0.3) is 0 Å². The molecule has 2 heterocycles. The molecule has 0 radical (unpaired) electrons. The number of anilines is 3. The Balaban J connectivity index is 1.46. The van der Waals surface area contributed by atoms with Gasteiger partial charge >= 0.3 is 6.18 Å². The number of halogens is 4. The summed E-state index contributed by atoms with van der Waals surface area (Å²) in [7, 11) is 3.63. The van der Waals surface area contributed by atoms with Crippen LogP contribution in [0.25, 0.3) is 22.4 Å². The summed E-state index contributed by atoms with van der Waals surface area (Å²) in [6.45, 7) is 0. The minimum atomic E-state index is -4.42. The molecule has 11 heteroatoms. The number of hydrogen-bond donors (Lipinski definition) is 2. The van der Waals surface area contributed by atoms with Crippen molar-refractivity contribution in [3.05, 3.63) is 53.6 Å². The fraction of sp³-hybridized carbons (Fsp3) is 0.273. The smallest absolute Gasteiger partial charge is 0.347 e. The maximum absolute atomic E-state index is 14.8. The molecule has 1 aliphatic carbocycles. The van der Waals surface area contributed by atoms with E-state index in [4.69, 9.17) is 0 Å². The fourth-order valence-corrected chi connectivity index (χ4v) is 3.36. The first kappa shape index (κ1) is 21.1. The predicted octanol–water partition coefficient (Wildman–Crippen LogP) is 5.26. The number of alkyl halides is 3. The third-order valence-corrected chi connectivity index (χ3v) is 5.29. The van der Waals surface area contributed by atoms with E-state index in [1.807, 2.05) is 14.1 Å². The molecule has 5 rings (SSSR count). The first-order valence-corrected chi connectivity index (χ1v) is 10.2. The topological polar surface area (TPSA) is 82.6 Å². The summed E-state index contributed by atoms with van der Waals surface area (Å²) in [6.07, 6.45) is -2.40. The van der Waals surface area contributed by atoms with Crippen LogP contribution in [-0.2, 0) is 6.18 Å². The van der Waals surface area contributed by atoms with Gasteiger partial charge in [0, 0.05) is 31.6 Å². The van der Waals surface area contributed by atoms with Gasteiger partial charge in [-0.15, -0.1) is 0 Å². The molecule has 0 unspecified atom stereocenters. The molecule has 0 spiro atoms. The van der Waals surface area contributed by atoms with Crippen LogP contribution in [0.2, 0.25) is 0 Å². The van der Waals surface area contributed by atoms with Crippen molar-refractivity contribution in [1.82, 2.24) is 24.9 Å². The van der Waals surface area contributed by atoms with Crippen molar-refractivity contribution in [3.8, 4) is 11.4 Å². The van der Waals surface area contributed by atoms with Crippen molar-refractivity contribution in [2.45, 2.75) is 24.9 Å². The molecule has 0 aliphatic heterocycles. The van der Waals surface area contributed by atoms with Gasteiger partial charge in [-0.3, -0.25) is 0 Å². The Morgan fingerprint density at radius 1 is 1.00 bits per heavy atom. The molecule has 1 aliphatic rings. The van der Waals surface area contributed by atoms with E-state index >= 15 is 0 Å². The lowest BCUT2D eigenvalue weighted by atomic mass is 10.1. The summed E-state index contributed by atoms with van der Waals surface area (Å²) in [5.74, 6) is 1.44. The van der Waals surface area contributed by atoms with Crippen LogP contribution in [0.15, 0.2) is 36.4 Å². The summed E-state index contributed by atoms with van der Waals surface area (Å²) in [4.78, 5) is 22.3. The predicted molar refractivity (Wildman–Crippen MR) is 116 cm³/mol. The lowest BCUT2D eigenvalue weighted by Crippen LogP contribution is -2.16. The standard InChI is InChI=1S/C22H19F4N7/c1-33(2)21-31-19(11-3-4-11)30-20(32-21)29-15-10-17-16(9-14(15)23)27-18(28-17)12-5-7-13(8-6-12)22(24,25)26/h5-11H,3-4H2,1-2H3,(H,27,28)(H,29,30,31,32). The molecular formula is C22H19F4N7. The van der Waals surface area contributed by atoms with Gasteiger partial charge in [-0.25, -0.2) is 9.37 Å². The van der Waals surface area contributed by atoms with Gasteiger partial charge in [-0.1, -0.05) is 12.1 Å². The fourth-order valence-electron chi connectivity index (χ4n) is 3.36. The molecule has 2 N–H and O–H groups in total. The number of hydrogen-bond acceptors (Lipinski definition) is 6. The number of aromatic nitrogens is 5. The third-order valence-electron chi connectivity index (χ3n) is 5.29. The van der Waals surface area contributed by atoms with E-state index in [0.717, 1.165) is 25.0 Å². The van der Waals surface area contributed by atoms with Crippen LogP contribution in [0, 0.1) is 5.82 Å². The Morgan fingerprint density at radius 3 is 2.36 bits per heavy atom. The Labute approximate surface area is 185 Å². The molecule has 2 aromatic heterocycles. The second kappa shape index (κ2) is 7.68. The van der Waals surface area contributed by atoms with Crippen LogP contribution in [0.3, 0.4) is 0 Å². The van der Waals surface area contributed by atoms with E-state index in [9.17, 15) is 17.6 Å². The molecule has 170 valence electrons. The zero-order chi connectivity index (χ0) is 23.3. The Morgan fingerprint density at radius 2 is 1.73 bits per heavy atom. The van der Waals surface area contributed by atoms with E-state index in [0.29, 0.717) is 40.1 Å². The number of nitrogens with zero attached hydrogens (tertiary/aromatic N) is 5. The zero-order valence-electron chi connectivity index (χ0n) is 17.7. The van der Waals surface area contributed by atoms with E-state index < -0.39 is 17.6 Å². The van der Waals surface area contributed by atoms with Crippen LogP contribution < -0.4 is 10.2 Å². The zero-order valence-corrected chi connectivity index (χ0v) is 17.7. The van der Waals surface area contributed by atoms with Crippen LogP contribution >= 0.6 is 0 Å². The minimum absolute atomic E-state index is 0.141. The monoisotopic (exact) mass is 457 g/mol. The average molecular weight is 457 g/mol. The van der Waals surface area contributed by atoms with Crippen molar-refractivity contribution in [2.75, 3.05) is 24.3 Å². The largest absolute Gasteiger partial charge is 0.416 e. The Kier molecular flexibility index (Phi) is 4.91. The molecule has 7 nitrogen and oxygen atoms in total. The summed E-state index contributed by atoms with van der Waals surface area (Å²) in [5.41, 5.74) is 0.702. The van der Waals surface area contributed by atoms with Gasteiger partial charge in [0.15, 0.2) is 0 Å². The summed E-state index contributed by atoms with van der Waals surface area (Å²) < 4.78 is 53.2. The summed E-state index contributed by atoms with van der Waals surface area (Å²) in [5, 5.41) is 2.92. The average Bonchev–Trinajstić information content (AvgIpc) is 3.54. The van der Waals surface area contributed by atoms with Gasteiger partial charge in [0.05, 0.1) is 22.3 Å². The Hall–Kier alpha value is -3.76. The van der Waals surface area contributed by atoms with Crippen molar-refractivity contribution in [3.63, 3.8) is 0 Å². The quantitative estimate of drug-likeness (QED) is 0.398. The summed E-state index contributed by atoms with van der Waals surface area (Å²) >= 11 is 0. The van der Waals surface area contributed by atoms with Crippen molar-refractivity contribution >= 4 is 28.6 Å². The van der Waals surface area contributed by atoms with Gasteiger partial charge in [0.2, 0.25) is 11.9 Å². The van der Waals surface area contributed by atoms with Gasteiger partial charge < -0.3 is 15.2 Å². The highest BCUT2D eigenvalue weighted by atomic mass is 19.4. The third kappa shape index (κ3) is 4.30. The van der Waals surface area contributed by atoms with Crippen molar-refractivity contribution in [2.24, 2.45) is 0 Å². The van der Waals surface area contributed by atoms with Crippen LogP contribution in [0.4, 0.5) is 35.1 Å². The SMILES string of the molecule is CN(C)c1nc(Nc2cc3[nH]c(-c4ccc(C(F)(F)F)cc4)nc3cc2F)nc(C2CC2)n1. The van der Waals surface area contributed by atoms with Crippen LogP contribution in [0.1, 0.15) is 30.1 Å². The van der Waals surface area contributed by atoms with Gasteiger partial charge in [-0.05, 0) is 31.0 Å². The molecule has 1 fully saturated rings. The van der Waals surface area contributed by atoms with Crippen molar-refractivity contribution < 1.29 is 17.6 Å². The van der Waals surface area contributed by atoms with E-state index in [1.54, 1.807) is 4.90 Å². The first-order chi connectivity index (χ1) is 15.7. The Bertz CT molecular complexity index is 1310.